The maximum atomic E-state index is 12.6. The second kappa shape index (κ2) is 14.3. The Hall–Kier alpha value is -2.77. The minimum atomic E-state index is -1.46. The van der Waals surface area contributed by atoms with Gasteiger partial charge < -0.3 is 42.7 Å². The zero-order valence-electron chi connectivity index (χ0n) is 17.7. The van der Waals surface area contributed by atoms with Crippen LogP contribution in [0.5, 0.6) is 0 Å². The number of rotatable bonds is 15. The van der Waals surface area contributed by atoms with Crippen molar-refractivity contribution in [1.82, 2.24) is 16.0 Å². The average Bonchev–Trinajstić information content (AvgIpc) is 2.67. The van der Waals surface area contributed by atoms with E-state index in [1.807, 2.05) is 0 Å². The Kier molecular flexibility index (Phi) is 13.0. The zero-order valence-corrected chi connectivity index (χ0v) is 17.7. The van der Waals surface area contributed by atoms with E-state index in [1.54, 1.807) is 13.8 Å². The third kappa shape index (κ3) is 10.7. The first-order chi connectivity index (χ1) is 14.4. The van der Waals surface area contributed by atoms with Gasteiger partial charge in [-0.3, -0.25) is 19.2 Å². The van der Waals surface area contributed by atoms with Gasteiger partial charge in [-0.05, 0) is 31.7 Å². The van der Waals surface area contributed by atoms with Gasteiger partial charge in [-0.2, -0.15) is 0 Å². The number of carboxylic acid groups (broad SMARTS) is 2. The third-order valence-electron chi connectivity index (χ3n) is 4.36. The summed E-state index contributed by atoms with van der Waals surface area (Å²) < 4.78 is 0. The molecule has 0 aliphatic rings. The highest BCUT2D eigenvalue weighted by atomic mass is 16.4. The summed E-state index contributed by atoms with van der Waals surface area (Å²) in [4.78, 5) is 59.0. The number of nitrogens with one attached hydrogen (secondary N) is 3. The molecule has 13 nitrogen and oxygen atoms in total. The zero-order chi connectivity index (χ0) is 24.1. The molecule has 0 aromatic carbocycles. The molecule has 0 bridgehead atoms. The Morgan fingerprint density at radius 2 is 1.45 bits per heavy atom. The van der Waals surface area contributed by atoms with Crippen molar-refractivity contribution in [2.75, 3.05) is 13.2 Å². The largest absolute Gasteiger partial charge is 0.481 e. The van der Waals surface area contributed by atoms with Crippen molar-refractivity contribution >= 4 is 29.7 Å². The van der Waals surface area contributed by atoms with Crippen molar-refractivity contribution in [2.24, 2.45) is 17.4 Å². The molecule has 0 saturated carbocycles. The van der Waals surface area contributed by atoms with E-state index in [9.17, 15) is 34.2 Å². The molecule has 0 heterocycles. The topological polar surface area (TPSA) is 234 Å². The Balaban J connectivity index is 5.11. The van der Waals surface area contributed by atoms with Crippen LogP contribution < -0.4 is 27.4 Å². The van der Waals surface area contributed by atoms with Crippen molar-refractivity contribution in [2.45, 2.75) is 63.7 Å². The predicted octanol–water partition coefficient (Wildman–Crippen LogP) is -2.90. The summed E-state index contributed by atoms with van der Waals surface area (Å²) in [5, 5.41) is 34.3. The van der Waals surface area contributed by atoms with E-state index in [2.05, 4.69) is 16.0 Å². The average molecular weight is 447 g/mol. The van der Waals surface area contributed by atoms with Crippen LogP contribution in [0.2, 0.25) is 0 Å². The van der Waals surface area contributed by atoms with Crippen LogP contribution in [-0.4, -0.2) is 82.3 Å². The summed E-state index contributed by atoms with van der Waals surface area (Å²) >= 11 is 0. The quantitative estimate of drug-likeness (QED) is 0.119. The number of amides is 3. The molecule has 4 unspecified atom stereocenters. The second-order valence-electron chi connectivity index (χ2n) is 7.36. The van der Waals surface area contributed by atoms with Crippen LogP contribution >= 0.6 is 0 Å². The fourth-order valence-corrected chi connectivity index (χ4v) is 2.55. The van der Waals surface area contributed by atoms with Crippen molar-refractivity contribution in [3.05, 3.63) is 0 Å². The molecule has 0 rings (SSSR count). The molecule has 3 amide bonds. The maximum Gasteiger partial charge on any atom is 0.326 e. The van der Waals surface area contributed by atoms with E-state index in [4.69, 9.17) is 16.6 Å². The number of carbonyl (C=O) groups excluding carboxylic acids is 3. The number of carbonyl (C=O) groups is 5. The van der Waals surface area contributed by atoms with Crippen molar-refractivity contribution in [1.29, 1.82) is 0 Å². The Morgan fingerprint density at radius 3 is 1.90 bits per heavy atom. The molecule has 0 aromatic heterocycles. The normalized spacial score (nSPS) is 14.8. The van der Waals surface area contributed by atoms with Crippen molar-refractivity contribution < 1.29 is 39.3 Å². The summed E-state index contributed by atoms with van der Waals surface area (Å²) in [6.07, 6.45) is 0.513. The Bertz CT molecular complexity index is 642. The number of hydrogen-bond acceptors (Lipinski definition) is 8. The highest BCUT2D eigenvalue weighted by molar-refractivity contribution is 5.94. The summed E-state index contributed by atoms with van der Waals surface area (Å²) in [5.41, 5.74) is 10.8. The molecule has 0 aliphatic carbocycles. The SMILES string of the molecule is CC(C)C(NC(=O)C(N)CC(=O)O)C(=O)NC(CO)C(=O)NC(CCCCN)C(=O)O. The van der Waals surface area contributed by atoms with Gasteiger partial charge in [0, 0.05) is 0 Å². The third-order valence-corrected chi connectivity index (χ3v) is 4.36. The van der Waals surface area contributed by atoms with E-state index < -0.39 is 72.8 Å². The molecule has 31 heavy (non-hydrogen) atoms. The van der Waals surface area contributed by atoms with E-state index in [-0.39, 0.29) is 6.42 Å². The van der Waals surface area contributed by atoms with E-state index in [0.29, 0.717) is 19.4 Å². The molecule has 178 valence electrons. The minimum Gasteiger partial charge on any atom is -0.481 e. The fourth-order valence-electron chi connectivity index (χ4n) is 2.55. The molecule has 0 aliphatic heterocycles. The first-order valence-electron chi connectivity index (χ1n) is 9.86. The molecule has 0 fully saturated rings. The second-order valence-corrected chi connectivity index (χ2v) is 7.36. The van der Waals surface area contributed by atoms with Crippen LogP contribution in [0.1, 0.15) is 39.5 Å². The van der Waals surface area contributed by atoms with E-state index in [1.165, 1.54) is 0 Å². The number of aliphatic hydroxyl groups excluding tert-OH is 1. The lowest BCUT2D eigenvalue weighted by Gasteiger charge is -2.26. The maximum absolute atomic E-state index is 12.6. The van der Waals surface area contributed by atoms with Crippen LogP contribution in [0.4, 0.5) is 0 Å². The van der Waals surface area contributed by atoms with Gasteiger partial charge in [0.25, 0.3) is 0 Å². The van der Waals surface area contributed by atoms with Gasteiger partial charge >= 0.3 is 11.9 Å². The number of aliphatic hydroxyl groups is 1. The number of carboxylic acids is 2. The molecule has 13 heteroatoms. The van der Waals surface area contributed by atoms with Gasteiger partial charge in [0.15, 0.2) is 0 Å². The molecule has 0 spiro atoms. The number of unbranched alkanes of at least 4 members (excludes halogenated alkanes) is 1. The molecule has 10 N–H and O–H groups in total. The first kappa shape index (κ1) is 28.2. The van der Waals surface area contributed by atoms with E-state index >= 15 is 0 Å². The summed E-state index contributed by atoms with van der Waals surface area (Å²) in [6.45, 7) is 2.75. The predicted molar refractivity (Wildman–Crippen MR) is 108 cm³/mol. The number of hydrogen-bond donors (Lipinski definition) is 8. The van der Waals surface area contributed by atoms with Crippen LogP contribution in [0.25, 0.3) is 0 Å². The summed E-state index contributed by atoms with van der Waals surface area (Å²) in [6, 6.07) is -5.24. The van der Waals surface area contributed by atoms with Gasteiger partial charge in [0.2, 0.25) is 17.7 Å². The van der Waals surface area contributed by atoms with Gasteiger partial charge in [0.1, 0.15) is 18.1 Å². The number of aliphatic carboxylic acids is 2. The van der Waals surface area contributed by atoms with Gasteiger partial charge in [-0.1, -0.05) is 13.8 Å². The smallest absolute Gasteiger partial charge is 0.326 e. The van der Waals surface area contributed by atoms with Gasteiger partial charge in [-0.15, -0.1) is 0 Å². The molecule has 0 radical (unpaired) electrons. The van der Waals surface area contributed by atoms with Crippen LogP contribution in [0.15, 0.2) is 0 Å². The lowest BCUT2D eigenvalue weighted by molar-refractivity contribution is -0.142. The van der Waals surface area contributed by atoms with Gasteiger partial charge in [0.05, 0.1) is 19.1 Å². The molecule has 4 atom stereocenters. The summed E-state index contributed by atoms with van der Waals surface area (Å²) in [7, 11) is 0. The first-order valence-corrected chi connectivity index (χ1v) is 9.86. The highest BCUT2D eigenvalue weighted by Gasteiger charge is 2.31. The minimum absolute atomic E-state index is 0.122. The standard InChI is InChI=1S/C18H33N5O8/c1-9(2)14(23-15(27)10(20)7-13(25)26)17(29)22-12(8-24)16(28)21-11(18(30)31)5-3-4-6-19/h9-12,14,24H,3-8,19-20H2,1-2H3,(H,21,28)(H,22,29)(H,23,27)(H,25,26)(H,30,31). The monoisotopic (exact) mass is 447 g/mol. The highest BCUT2D eigenvalue weighted by Crippen LogP contribution is 2.05. The van der Waals surface area contributed by atoms with Crippen molar-refractivity contribution in [3.63, 3.8) is 0 Å². The lowest BCUT2D eigenvalue weighted by Crippen LogP contribution is -2.59. The molecular weight excluding hydrogens is 414 g/mol. The molecular formula is C18H33N5O8. The summed E-state index contributed by atoms with van der Waals surface area (Å²) in [5.74, 6) is -5.63. The van der Waals surface area contributed by atoms with E-state index in [0.717, 1.165) is 0 Å². The molecule has 0 saturated heterocycles. The van der Waals surface area contributed by atoms with Crippen LogP contribution in [0, 0.1) is 5.92 Å². The Morgan fingerprint density at radius 1 is 0.871 bits per heavy atom. The fraction of sp³-hybridized carbons (Fsp3) is 0.722. The van der Waals surface area contributed by atoms with Gasteiger partial charge in [-0.25, -0.2) is 4.79 Å². The Labute approximate surface area is 179 Å². The van der Waals surface area contributed by atoms with Crippen LogP contribution in [0.3, 0.4) is 0 Å². The lowest BCUT2D eigenvalue weighted by atomic mass is 10.0. The number of nitrogens with two attached hydrogens (primary N) is 2. The van der Waals surface area contributed by atoms with Crippen LogP contribution in [-0.2, 0) is 24.0 Å². The molecule has 0 aromatic rings. The van der Waals surface area contributed by atoms with Crippen molar-refractivity contribution in [3.8, 4) is 0 Å².